The molecule has 0 fully saturated rings. The normalized spacial score (nSPS) is 14.9. The van der Waals surface area contributed by atoms with Gasteiger partial charge in [0, 0.05) is 23.4 Å². The molecular weight excluding hydrogens is 368 g/mol. The highest BCUT2D eigenvalue weighted by molar-refractivity contribution is 6.01. The van der Waals surface area contributed by atoms with Crippen LogP contribution in [0.5, 0.6) is 5.75 Å². The first-order valence-electron chi connectivity index (χ1n) is 8.27. The van der Waals surface area contributed by atoms with Crippen LogP contribution in [-0.2, 0) is 9.59 Å². The molecule has 10 heteroatoms. The zero-order valence-corrected chi connectivity index (χ0v) is 14.7. The second kappa shape index (κ2) is 7.74. The summed E-state index contributed by atoms with van der Waals surface area (Å²) in [5.41, 5.74) is 0.697. The van der Waals surface area contributed by atoms with Gasteiger partial charge in [-0.05, 0) is 31.2 Å². The number of nitro groups is 1. The largest absolute Gasteiger partial charge is 0.479 e. The van der Waals surface area contributed by atoms with Gasteiger partial charge >= 0.3 is 0 Å². The molecule has 0 saturated heterocycles. The van der Waals surface area contributed by atoms with Crippen molar-refractivity contribution in [2.24, 2.45) is 0 Å². The van der Waals surface area contributed by atoms with Crippen molar-refractivity contribution in [1.29, 1.82) is 0 Å². The van der Waals surface area contributed by atoms with Crippen molar-refractivity contribution in [1.82, 2.24) is 5.32 Å². The molecule has 1 atom stereocenters. The van der Waals surface area contributed by atoms with Gasteiger partial charge in [-0.2, -0.15) is 0 Å². The van der Waals surface area contributed by atoms with E-state index in [0.717, 1.165) is 6.07 Å². The first-order valence-corrected chi connectivity index (χ1v) is 8.27. The standard InChI is InChI=1S/C18H16N4O6/c1-10-17(24)21-14-8-12(5-6-15(14)28-10)20-16(23)9-19-18(25)11-3-2-4-13(7-11)22(26)27/h2-8,10H,9H2,1H3,(H,19,25)(H,20,23)(H,21,24). The maximum atomic E-state index is 12.1. The summed E-state index contributed by atoms with van der Waals surface area (Å²) in [6.07, 6.45) is -0.600. The number of nitrogens with one attached hydrogen (secondary N) is 3. The Labute approximate surface area is 159 Å². The van der Waals surface area contributed by atoms with E-state index in [1.165, 1.54) is 18.2 Å². The Morgan fingerprint density at radius 1 is 1.25 bits per heavy atom. The van der Waals surface area contributed by atoms with E-state index in [2.05, 4.69) is 16.0 Å². The van der Waals surface area contributed by atoms with Crippen LogP contribution in [0.3, 0.4) is 0 Å². The number of anilines is 2. The molecule has 28 heavy (non-hydrogen) atoms. The lowest BCUT2D eigenvalue weighted by atomic mass is 10.2. The van der Waals surface area contributed by atoms with Crippen LogP contribution >= 0.6 is 0 Å². The number of carbonyl (C=O) groups excluding carboxylic acids is 3. The Bertz CT molecular complexity index is 974. The Morgan fingerprint density at radius 2 is 2.04 bits per heavy atom. The average molecular weight is 384 g/mol. The van der Waals surface area contributed by atoms with Crippen LogP contribution in [0.1, 0.15) is 17.3 Å². The summed E-state index contributed by atoms with van der Waals surface area (Å²) in [6.45, 7) is 1.29. The maximum Gasteiger partial charge on any atom is 0.270 e. The van der Waals surface area contributed by atoms with Crippen molar-refractivity contribution in [3.63, 3.8) is 0 Å². The molecule has 0 aromatic heterocycles. The predicted octanol–water partition coefficient (Wildman–Crippen LogP) is 1.68. The van der Waals surface area contributed by atoms with Crippen LogP contribution in [0.25, 0.3) is 0 Å². The molecule has 10 nitrogen and oxygen atoms in total. The van der Waals surface area contributed by atoms with Crippen LogP contribution < -0.4 is 20.7 Å². The summed E-state index contributed by atoms with van der Waals surface area (Å²) >= 11 is 0. The maximum absolute atomic E-state index is 12.1. The van der Waals surface area contributed by atoms with Gasteiger partial charge in [0.1, 0.15) is 5.75 Å². The number of fused-ring (bicyclic) bond motifs is 1. The number of ether oxygens (including phenoxy) is 1. The summed E-state index contributed by atoms with van der Waals surface area (Å²) in [6, 6.07) is 9.94. The lowest BCUT2D eigenvalue weighted by molar-refractivity contribution is -0.384. The molecule has 1 heterocycles. The molecule has 0 spiro atoms. The molecule has 3 rings (SSSR count). The Kier molecular flexibility index (Phi) is 5.21. The molecule has 144 valence electrons. The van der Waals surface area contributed by atoms with Gasteiger partial charge in [-0.3, -0.25) is 24.5 Å². The quantitative estimate of drug-likeness (QED) is 0.529. The van der Waals surface area contributed by atoms with Gasteiger partial charge in [0.05, 0.1) is 17.2 Å². The SMILES string of the molecule is CC1Oc2ccc(NC(=O)CNC(=O)c3cccc([N+](=O)[O-])c3)cc2NC1=O. The number of hydrogen-bond donors (Lipinski definition) is 3. The van der Waals surface area contributed by atoms with Crippen molar-refractivity contribution >= 4 is 34.8 Å². The lowest BCUT2D eigenvalue weighted by Crippen LogP contribution is -2.34. The number of benzene rings is 2. The van der Waals surface area contributed by atoms with Gasteiger partial charge in [-0.1, -0.05) is 6.07 Å². The number of hydrogen-bond acceptors (Lipinski definition) is 6. The molecule has 0 saturated carbocycles. The number of carbonyl (C=O) groups is 3. The molecule has 1 aliphatic rings. The van der Waals surface area contributed by atoms with Gasteiger partial charge < -0.3 is 20.7 Å². The first kappa shape index (κ1) is 18.8. The number of rotatable bonds is 5. The fourth-order valence-electron chi connectivity index (χ4n) is 2.52. The molecule has 0 radical (unpaired) electrons. The monoisotopic (exact) mass is 384 g/mol. The van der Waals surface area contributed by atoms with E-state index in [-0.39, 0.29) is 23.7 Å². The molecular formula is C18H16N4O6. The van der Waals surface area contributed by atoms with Gasteiger partial charge in [0.2, 0.25) is 5.91 Å². The smallest absolute Gasteiger partial charge is 0.270 e. The van der Waals surface area contributed by atoms with Crippen LogP contribution in [0.4, 0.5) is 17.1 Å². The fourth-order valence-corrected chi connectivity index (χ4v) is 2.52. The van der Waals surface area contributed by atoms with Crippen LogP contribution in [-0.4, -0.2) is 35.3 Å². The highest BCUT2D eigenvalue weighted by Gasteiger charge is 2.23. The summed E-state index contributed by atoms with van der Waals surface area (Å²) in [5.74, 6) is -0.918. The van der Waals surface area contributed by atoms with Gasteiger partial charge in [0.25, 0.3) is 17.5 Å². The van der Waals surface area contributed by atoms with Gasteiger partial charge in [-0.25, -0.2) is 0 Å². The van der Waals surface area contributed by atoms with Crippen LogP contribution in [0.15, 0.2) is 42.5 Å². The number of non-ortho nitro benzene ring substituents is 1. The molecule has 3 N–H and O–H groups in total. The molecule has 2 aromatic carbocycles. The van der Waals surface area contributed by atoms with E-state index >= 15 is 0 Å². The van der Waals surface area contributed by atoms with E-state index in [1.807, 2.05) is 0 Å². The van der Waals surface area contributed by atoms with E-state index < -0.39 is 22.8 Å². The van der Waals surface area contributed by atoms with Gasteiger partial charge in [0.15, 0.2) is 6.10 Å². The molecule has 0 aliphatic carbocycles. The van der Waals surface area contributed by atoms with Crippen molar-refractivity contribution < 1.29 is 24.0 Å². The minimum Gasteiger partial charge on any atom is -0.479 e. The average Bonchev–Trinajstić information content (AvgIpc) is 2.67. The molecule has 0 bridgehead atoms. The zero-order chi connectivity index (χ0) is 20.3. The molecule has 2 aromatic rings. The van der Waals surface area contributed by atoms with E-state index in [1.54, 1.807) is 25.1 Å². The van der Waals surface area contributed by atoms with Crippen molar-refractivity contribution in [2.45, 2.75) is 13.0 Å². The third kappa shape index (κ3) is 4.23. The molecule has 1 unspecified atom stereocenters. The van der Waals surface area contributed by atoms with E-state index in [9.17, 15) is 24.5 Å². The predicted molar refractivity (Wildman–Crippen MR) is 99.2 cm³/mol. The molecule has 3 amide bonds. The highest BCUT2D eigenvalue weighted by atomic mass is 16.6. The van der Waals surface area contributed by atoms with Gasteiger partial charge in [-0.15, -0.1) is 0 Å². The number of nitro benzene ring substituents is 1. The third-order valence-electron chi connectivity index (χ3n) is 3.92. The fraction of sp³-hybridized carbons (Fsp3) is 0.167. The zero-order valence-electron chi connectivity index (χ0n) is 14.7. The summed E-state index contributed by atoms with van der Waals surface area (Å²) < 4.78 is 5.43. The molecule has 1 aliphatic heterocycles. The van der Waals surface area contributed by atoms with Crippen LogP contribution in [0, 0.1) is 10.1 Å². The second-order valence-corrected chi connectivity index (χ2v) is 6.00. The van der Waals surface area contributed by atoms with Crippen molar-refractivity contribution in [3.05, 3.63) is 58.1 Å². The van der Waals surface area contributed by atoms with Crippen molar-refractivity contribution in [3.8, 4) is 5.75 Å². The third-order valence-corrected chi connectivity index (χ3v) is 3.92. The lowest BCUT2D eigenvalue weighted by Gasteiger charge is -2.23. The Balaban J connectivity index is 1.58. The first-order chi connectivity index (χ1) is 13.3. The Morgan fingerprint density at radius 3 is 2.79 bits per heavy atom. The minimum absolute atomic E-state index is 0.0739. The van der Waals surface area contributed by atoms with Crippen molar-refractivity contribution in [2.75, 3.05) is 17.2 Å². The second-order valence-electron chi connectivity index (χ2n) is 6.00. The van der Waals surface area contributed by atoms with E-state index in [4.69, 9.17) is 4.74 Å². The Hall–Kier alpha value is -3.95. The minimum atomic E-state index is -0.612. The topological polar surface area (TPSA) is 140 Å². The summed E-state index contributed by atoms with van der Waals surface area (Å²) in [4.78, 5) is 45.9. The van der Waals surface area contributed by atoms with Crippen LogP contribution in [0.2, 0.25) is 0 Å². The summed E-state index contributed by atoms with van der Waals surface area (Å²) in [5, 5.41) is 18.4. The number of amides is 3. The number of nitrogens with zero attached hydrogens (tertiary/aromatic N) is 1. The summed E-state index contributed by atoms with van der Waals surface area (Å²) in [7, 11) is 0. The highest BCUT2D eigenvalue weighted by Crippen LogP contribution is 2.32. The van der Waals surface area contributed by atoms with E-state index in [0.29, 0.717) is 17.1 Å².